The Kier molecular flexibility index (Phi) is 3.42. The van der Waals surface area contributed by atoms with Crippen LogP contribution in [0.2, 0.25) is 0 Å². The van der Waals surface area contributed by atoms with Gasteiger partial charge < -0.3 is 14.8 Å². The molecule has 1 unspecified atom stereocenters. The van der Waals surface area contributed by atoms with Gasteiger partial charge >= 0.3 is 0 Å². The highest BCUT2D eigenvalue weighted by atomic mass is 15.3. The summed E-state index contributed by atoms with van der Waals surface area (Å²) in [5, 5.41) is 3.49. The summed E-state index contributed by atoms with van der Waals surface area (Å²) < 4.78 is 2.22. The number of anilines is 1. The van der Waals surface area contributed by atoms with E-state index in [4.69, 9.17) is 4.98 Å². The van der Waals surface area contributed by atoms with Crippen LogP contribution in [0.5, 0.6) is 0 Å². The maximum atomic E-state index is 4.82. The zero-order valence-corrected chi connectivity index (χ0v) is 11.8. The third-order valence-electron chi connectivity index (χ3n) is 4.07. The van der Waals surface area contributed by atoms with Crippen molar-refractivity contribution in [2.45, 2.75) is 25.8 Å². The number of hydrogen-bond acceptors (Lipinski definition) is 3. The van der Waals surface area contributed by atoms with Crippen molar-refractivity contribution in [1.29, 1.82) is 0 Å². The smallest absolute Gasteiger partial charge is 0.206 e. The van der Waals surface area contributed by atoms with E-state index in [1.165, 1.54) is 18.4 Å². The molecule has 4 nitrogen and oxygen atoms in total. The van der Waals surface area contributed by atoms with Crippen molar-refractivity contribution in [2.24, 2.45) is 7.05 Å². The SMILES string of the molecule is CCN(c1nc2ccccc2n1C)C1CCCNC1. The van der Waals surface area contributed by atoms with E-state index >= 15 is 0 Å². The number of rotatable bonds is 3. The Morgan fingerprint density at radius 2 is 2.26 bits per heavy atom. The van der Waals surface area contributed by atoms with Crippen molar-refractivity contribution in [2.75, 3.05) is 24.5 Å². The minimum Gasteiger partial charge on any atom is -0.338 e. The number of hydrogen-bond donors (Lipinski definition) is 1. The number of para-hydroxylation sites is 2. The Morgan fingerprint density at radius 1 is 1.42 bits per heavy atom. The molecule has 3 rings (SSSR count). The lowest BCUT2D eigenvalue weighted by Crippen LogP contribution is -2.47. The Balaban J connectivity index is 1.98. The molecule has 0 radical (unpaired) electrons. The van der Waals surface area contributed by atoms with Gasteiger partial charge in [-0.15, -0.1) is 0 Å². The van der Waals surface area contributed by atoms with Gasteiger partial charge in [-0.25, -0.2) is 4.98 Å². The maximum Gasteiger partial charge on any atom is 0.206 e. The lowest BCUT2D eigenvalue weighted by molar-refractivity contribution is 0.429. The first kappa shape index (κ1) is 12.5. The second-order valence-corrected chi connectivity index (χ2v) is 5.25. The fourth-order valence-corrected chi connectivity index (χ4v) is 3.05. The molecule has 19 heavy (non-hydrogen) atoms. The predicted octanol–water partition coefficient (Wildman–Crippen LogP) is 2.15. The largest absolute Gasteiger partial charge is 0.338 e. The fourth-order valence-electron chi connectivity index (χ4n) is 3.05. The zero-order valence-electron chi connectivity index (χ0n) is 11.8. The summed E-state index contributed by atoms with van der Waals surface area (Å²) in [6.45, 7) is 5.44. The summed E-state index contributed by atoms with van der Waals surface area (Å²) in [5.41, 5.74) is 2.29. The summed E-state index contributed by atoms with van der Waals surface area (Å²) >= 11 is 0. The molecule has 1 fully saturated rings. The van der Waals surface area contributed by atoms with E-state index in [9.17, 15) is 0 Å². The molecule has 1 aromatic carbocycles. The van der Waals surface area contributed by atoms with Gasteiger partial charge in [-0.05, 0) is 38.4 Å². The summed E-state index contributed by atoms with van der Waals surface area (Å²) in [6, 6.07) is 8.92. The van der Waals surface area contributed by atoms with Crippen molar-refractivity contribution < 1.29 is 0 Å². The van der Waals surface area contributed by atoms with Crippen molar-refractivity contribution in [1.82, 2.24) is 14.9 Å². The summed E-state index contributed by atoms with van der Waals surface area (Å²) in [7, 11) is 2.11. The van der Waals surface area contributed by atoms with Crippen LogP contribution in [0.1, 0.15) is 19.8 Å². The van der Waals surface area contributed by atoms with E-state index in [0.717, 1.165) is 31.1 Å². The Morgan fingerprint density at radius 3 is 2.95 bits per heavy atom. The van der Waals surface area contributed by atoms with Gasteiger partial charge in [0, 0.05) is 26.2 Å². The normalized spacial score (nSPS) is 19.8. The molecule has 1 aromatic heterocycles. The zero-order chi connectivity index (χ0) is 13.2. The highest BCUT2D eigenvalue weighted by Crippen LogP contribution is 2.24. The molecule has 4 heteroatoms. The molecule has 1 saturated heterocycles. The molecule has 1 aliphatic heterocycles. The Bertz CT molecular complexity index is 554. The highest BCUT2D eigenvalue weighted by Gasteiger charge is 2.23. The van der Waals surface area contributed by atoms with Crippen molar-refractivity contribution in [3.05, 3.63) is 24.3 Å². The number of aromatic nitrogens is 2. The molecule has 0 bridgehead atoms. The van der Waals surface area contributed by atoms with Crippen molar-refractivity contribution in [3.8, 4) is 0 Å². The summed E-state index contributed by atoms with van der Waals surface area (Å²) in [5.74, 6) is 1.09. The van der Waals surface area contributed by atoms with Gasteiger partial charge in [0.2, 0.25) is 5.95 Å². The van der Waals surface area contributed by atoms with Crippen LogP contribution in [0.3, 0.4) is 0 Å². The monoisotopic (exact) mass is 258 g/mol. The molecular formula is C15H22N4. The van der Waals surface area contributed by atoms with E-state index in [1.54, 1.807) is 0 Å². The maximum absolute atomic E-state index is 4.82. The average Bonchev–Trinajstić information content (AvgIpc) is 2.79. The molecule has 1 aliphatic rings. The topological polar surface area (TPSA) is 33.1 Å². The number of imidazole rings is 1. The molecule has 0 aliphatic carbocycles. The molecule has 0 amide bonds. The lowest BCUT2D eigenvalue weighted by atomic mass is 10.1. The van der Waals surface area contributed by atoms with Gasteiger partial charge in [0.1, 0.15) is 0 Å². The van der Waals surface area contributed by atoms with E-state index in [1.807, 2.05) is 0 Å². The predicted molar refractivity (Wildman–Crippen MR) is 79.6 cm³/mol. The number of aryl methyl sites for hydroxylation is 1. The van der Waals surface area contributed by atoms with Crippen molar-refractivity contribution >= 4 is 17.0 Å². The molecule has 1 N–H and O–H groups in total. The minimum atomic E-state index is 0.564. The average molecular weight is 258 g/mol. The third kappa shape index (κ3) is 2.21. The van der Waals surface area contributed by atoms with E-state index in [2.05, 4.69) is 53.0 Å². The van der Waals surface area contributed by atoms with Crippen LogP contribution in [0.4, 0.5) is 5.95 Å². The van der Waals surface area contributed by atoms with Gasteiger partial charge in [-0.3, -0.25) is 0 Å². The first-order valence-electron chi connectivity index (χ1n) is 7.20. The van der Waals surface area contributed by atoms with E-state index < -0.39 is 0 Å². The Hall–Kier alpha value is -1.55. The number of benzene rings is 1. The Labute approximate surface area is 114 Å². The molecule has 0 spiro atoms. The molecule has 102 valence electrons. The fraction of sp³-hybridized carbons (Fsp3) is 0.533. The quantitative estimate of drug-likeness (QED) is 0.916. The minimum absolute atomic E-state index is 0.564. The highest BCUT2D eigenvalue weighted by molar-refractivity contribution is 5.78. The van der Waals surface area contributed by atoms with Gasteiger partial charge in [0.15, 0.2) is 0 Å². The number of piperidine rings is 1. The molecular weight excluding hydrogens is 236 g/mol. The third-order valence-corrected chi connectivity index (χ3v) is 4.07. The van der Waals surface area contributed by atoms with Gasteiger partial charge in [-0.2, -0.15) is 0 Å². The second kappa shape index (κ2) is 5.21. The molecule has 1 atom stereocenters. The first-order chi connectivity index (χ1) is 9.31. The van der Waals surface area contributed by atoms with Gasteiger partial charge in [0.25, 0.3) is 0 Å². The molecule has 2 aromatic rings. The number of fused-ring (bicyclic) bond motifs is 1. The van der Waals surface area contributed by atoms with E-state index in [0.29, 0.717) is 6.04 Å². The summed E-state index contributed by atoms with van der Waals surface area (Å²) in [6.07, 6.45) is 2.51. The molecule has 2 heterocycles. The standard InChI is InChI=1S/C15H22N4/c1-3-19(12-7-6-10-16-11-12)15-17-13-8-4-5-9-14(13)18(15)2/h4-5,8-9,12,16H,3,6-7,10-11H2,1-2H3. The number of nitrogens with zero attached hydrogens (tertiary/aromatic N) is 3. The van der Waals surface area contributed by atoms with E-state index in [-0.39, 0.29) is 0 Å². The van der Waals surface area contributed by atoms with Crippen LogP contribution < -0.4 is 10.2 Å². The van der Waals surface area contributed by atoms with Gasteiger partial charge in [-0.1, -0.05) is 12.1 Å². The van der Waals surface area contributed by atoms with Crippen LogP contribution >= 0.6 is 0 Å². The summed E-state index contributed by atoms with van der Waals surface area (Å²) in [4.78, 5) is 7.26. The number of nitrogens with one attached hydrogen (secondary N) is 1. The first-order valence-corrected chi connectivity index (χ1v) is 7.20. The molecule has 0 saturated carbocycles. The van der Waals surface area contributed by atoms with Crippen LogP contribution in [0, 0.1) is 0 Å². The van der Waals surface area contributed by atoms with Crippen LogP contribution in [-0.4, -0.2) is 35.2 Å². The number of likely N-dealkylation sites (N-methyl/N-ethyl adjacent to an activating group) is 1. The lowest BCUT2D eigenvalue weighted by Gasteiger charge is -2.34. The van der Waals surface area contributed by atoms with Crippen LogP contribution in [0.25, 0.3) is 11.0 Å². The van der Waals surface area contributed by atoms with Crippen LogP contribution in [0.15, 0.2) is 24.3 Å². The van der Waals surface area contributed by atoms with Crippen molar-refractivity contribution in [3.63, 3.8) is 0 Å². The van der Waals surface area contributed by atoms with Gasteiger partial charge in [0.05, 0.1) is 11.0 Å². The van der Waals surface area contributed by atoms with Crippen LogP contribution in [-0.2, 0) is 7.05 Å². The second-order valence-electron chi connectivity index (χ2n) is 5.25.